The van der Waals surface area contributed by atoms with E-state index >= 15 is 0 Å². The Hall–Kier alpha value is -4.35. The number of anilines is 1. The van der Waals surface area contributed by atoms with Crippen molar-refractivity contribution in [3.8, 4) is 0 Å². The van der Waals surface area contributed by atoms with Crippen molar-refractivity contribution in [3.05, 3.63) is 77.5 Å². The van der Waals surface area contributed by atoms with Crippen molar-refractivity contribution in [1.29, 1.82) is 0 Å². The highest BCUT2D eigenvalue weighted by molar-refractivity contribution is 6.24. The third-order valence-electron chi connectivity index (χ3n) is 6.46. The van der Waals surface area contributed by atoms with Crippen LogP contribution in [0.15, 0.2) is 76.4 Å². The maximum atomic E-state index is 12.6. The van der Waals surface area contributed by atoms with Crippen molar-refractivity contribution in [3.63, 3.8) is 0 Å². The van der Waals surface area contributed by atoms with Gasteiger partial charge in [-0.05, 0) is 50.8 Å². The second-order valence-electron chi connectivity index (χ2n) is 9.86. The van der Waals surface area contributed by atoms with E-state index in [9.17, 15) is 9.59 Å². The van der Waals surface area contributed by atoms with Crippen LogP contribution >= 0.6 is 0 Å². The van der Waals surface area contributed by atoms with E-state index in [1.165, 1.54) is 0 Å². The number of likely N-dealkylation sites (N-methyl/N-ethyl adjacent to an activating group) is 1. The van der Waals surface area contributed by atoms with Crippen LogP contribution in [0, 0.1) is 0 Å². The summed E-state index contributed by atoms with van der Waals surface area (Å²) in [5.74, 6) is 1.20. The number of amidine groups is 2. The summed E-state index contributed by atoms with van der Waals surface area (Å²) >= 11 is 0. The number of hydrogen-bond donors (Lipinski definition) is 4. The van der Waals surface area contributed by atoms with Gasteiger partial charge in [-0.3, -0.25) is 14.9 Å². The quantitative estimate of drug-likeness (QED) is 0.379. The Labute approximate surface area is 228 Å². The molecule has 2 aromatic rings. The SMILES string of the molecule is CC1N=C(N)C(=C(N)c2ccc(C(=O)Nc3ccccn3)cc2)C([NH2+]C2CCN(C(=O)C=CCN(C)C)C2)=N1. The Morgan fingerprint density at radius 1 is 1.15 bits per heavy atom. The fourth-order valence-electron chi connectivity index (χ4n) is 4.48. The maximum Gasteiger partial charge on any atom is 0.256 e. The summed E-state index contributed by atoms with van der Waals surface area (Å²) in [6, 6.07) is 12.4. The molecule has 2 amide bonds. The lowest BCUT2D eigenvalue weighted by Gasteiger charge is -2.20. The summed E-state index contributed by atoms with van der Waals surface area (Å²) < 4.78 is 0. The van der Waals surface area contributed by atoms with Crippen LogP contribution in [0.4, 0.5) is 5.82 Å². The van der Waals surface area contributed by atoms with Gasteiger partial charge in [-0.1, -0.05) is 24.3 Å². The number of amides is 2. The van der Waals surface area contributed by atoms with Crippen molar-refractivity contribution < 1.29 is 14.9 Å². The molecule has 1 aromatic heterocycles. The van der Waals surface area contributed by atoms with Crippen LogP contribution < -0.4 is 22.1 Å². The standard InChI is InChI=1S/C28H35N9O2/c1-18-32-26(30)24(27(33-18)34-21-13-16-37(17-21)23(38)8-6-15-36(2)3)25(29)19-9-11-20(12-10-19)28(39)35-22-7-4-5-14-31-22/h4-12,14,18,21H,13,15-17,29H2,1-3H3,(H2,30,32)(H,33,34)(H,31,35,39)/p+1. The lowest BCUT2D eigenvalue weighted by atomic mass is 10.0. The maximum absolute atomic E-state index is 12.6. The molecule has 11 nitrogen and oxygen atoms in total. The number of carbonyl (C=O) groups excluding carboxylic acids is 2. The third-order valence-corrected chi connectivity index (χ3v) is 6.46. The van der Waals surface area contributed by atoms with Crippen molar-refractivity contribution >= 4 is 35.0 Å². The first-order valence-electron chi connectivity index (χ1n) is 12.9. The number of aliphatic imine (C=N–C) groups is 2. The lowest BCUT2D eigenvalue weighted by molar-refractivity contribution is -0.576. The zero-order valence-corrected chi connectivity index (χ0v) is 22.5. The number of likely N-dealkylation sites (tertiary alicyclic amines) is 1. The van der Waals surface area contributed by atoms with E-state index in [4.69, 9.17) is 16.5 Å². The van der Waals surface area contributed by atoms with Gasteiger partial charge in [0.1, 0.15) is 29.4 Å². The molecule has 2 aliphatic rings. The van der Waals surface area contributed by atoms with Gasteiger partial charge in [0.15, 0.2) is 0 Å². The number of carbonyl (C=O) groups is 2. The van der Waals surface area contributed by atoms with Crippen LogP contribution in [0.3, 0.4) is 0 Å². The van der Waals surface area contributed by atoms with E-state index in [0.717, 1.165) is 6.42 Å². The van der Waals surface area contributed by atoms with Crippen LogP contribution in [-0.2, 0) is 4.79 Å². The molecule has 2 aliphatic heterocycles. The fraction of sp³-hybridized carbons (Fsp3) is 0.321. The molecule has 1 saturated heterocycles. The molecule has 11 heteroatoms. The van der Waals surface area contributed by atoms with Gasteiger partial charge in [0.2, 0.25) is 11.7 Å². The van der Waals surface area contributed by atoms with E-state index in [1.54, 1.807) is 54.7 Å². The first-order valence-corrected chi connectivity index (χ1v) is 12.9. The minimum Gasteiger partial charge on any atom is -0.397 e. The summed E-state index contributed by atoms with van der Waals surface area (Å²) in [7, 11) is 3.92. The van der Waals surface area contributed by atoms with Gasteiger partial charge >= 0.3 is 0 Å². The molecule has 0 radical (unpaired) electrons. The molecule has 4 rings (SSSR count). The van der Waals surface area contributed by atoms with Crippen LogP contribution in [0.1, 0.15) is 29.3 Å². The van der Waals surface area contributed by atoms with Gasteiger partial charge in [0.25, 0.3) is 5.91 Å². The van der Waals surface area contributed by atoms with Crippen molar-refractivity contribution in [2.75, 3.05) is 39.0 Å². The Balaban J connectivity index is 1.47. The number of rotatable bonds is 7. The molecule has 39 heavy (non-hydrogen) atoms. The Bertz CT molecular complexity index is 1310. The predicted octanol–water partition coefficient (Wildman–Crippen LogP) is 0.401. The van der Waals surface area contributed by atoms with Gasteiger partial charge in [0, 0.05) is 37.3 Å². The van der Waals surface area contributed by atoms with Crippen LogP contribution in [0.5, 0.6) is 0 Å². The first-order chi connectivity index (χ1) is 18.7. The first kappa shape index (κ1) is 27.7. The number of quaternary nitrogens is 1. The van der Waals surface area contributed by atoms with Crippen LogP contribution in [0.2, 0.25) is 0 Å². The molecular formula is C28H36N9O2+. The van der Waals surface area contributed by atoms with Crippen molar-refractivity contribution in [2.24, 2.45) is 21.5 Å². The highest BCUT2D eigenvalue weighted by atomic mass is 16.2. The number of nitrogens with two attached hydrogens (primary N) is 3. The molecule has 3 heterocycles. The molecule has 2 atom stereocenters. The molecule has 0 saturated carbocycles. The number of benzene rings is 1. The van der Waals surface area contributed by atoms with Crippen LogP contribution in [0.25, 0.3) is 5.70 Å². The molecule has 2 unspecified atom stereocenters. The minimum atomic E-state index is -0.335. The second-order valence-corrected chi connectivity index (χ2v) is 9.86. The molecule has 1 aromatic carbocycles. The van der Waals surface area contributed by atoms with E-state index in [0.29, 0.717) is 59.5 Å². The zero-order chi connectivity index (χ0) is 27.9. The average molecular weight is 531 g/mol. The monoisotopic (exact) mass is 530 g/mol. The average Bonchev–Trinajstić information content (AvgIpc) is 3.37. The van der Waals surface area contributed by atoms with Gasteiger partial charge in [0.05, 0.1) is 12.2 Å². The molecule has 0 bridgehead atoms. The smallest absolute Gasteiger partial charge is 0.256 e. The highest BCUT2D eigenvalue weighted by Crippen LogP contribution is 2.19. The topological polar surface area (TPSA) is 159 Å². The number of hydrogen-bond acceptors (Lipinski definition) is 8. The Morgan fingerprint density at radius 2 is 1.90 bits per heavy atom. The third kappa shape index (κ3) is 7.15. The molecule has 1 fully saturated rings. The zero-order valence-electron chi connectivity index (χ0n) is 22.5. The largest absolute Gasteiger partial charge is 0.397 e. The van der Waals surface area contributed by atoms with Crippen LogP contribution in [-0.4, -0.2) is 84.2 Å². The van der Waals surface area contributed by atoms with E-state index in [1.807, 2.05) is 42.2 Å². The van der Waals surface area contributed by atoms with E-state index in [-0.39, 0.29) is 24.0 Å². The lowest BCUT2D eigenvalue weighted by Crippen LogP contribution is -2.95. The van der Waals surface area contributed by atoms with Crippen molar-refractivity contribution in [1.82, 2.24) is 14.8 Å². The minimum absolute atomic E-state index is 0.00947. The van der Waals surface area contributed by atoms with Gasteiger partial charge in [-0.15, -0.1) is 0 Å². The summed E-state index contributed by atoms with van der Waals surface area (Å²) in [6.45, 7) is 3.85. The fourth-order valence-corrected chi connectivity index (χ4v) is 4.48. The van der Waals surface area contributed by atoms with Crippen molar-refractivity contribution in [2.45, 2.75) is 25.6 Å². The van der Waals surface area contributed by atoms with Gasteiger partial charge in [-0.2, -0.15) is 0 Å². The molecule has 0 aliphatic carbocycles. The van der Waals surface area contributed by atoms with Gasteiger partial charge < -0.3 is 26.6 Å². The normalized spacial score (nSPS) is 20.7. The molecule has 204 valence electrons. The molecule has 0 spiro atoms. The Morgan fingerprint density at radius 3 is 2.59 bits per heavy atom. The number of nitrogens with zero attached hydrogens (tertiary/aromatic N) is 5. The number of pyridine rings is 1. The van der Waals surface area contributed by atoms with E-state index < -0.39 is 0 Å². The molecule has 7 N–H and O–H groups in total. The summed E-state index contributed by atoms with van der Waals surface area (Å²) in [5, 5.41) is 4.81. The number of nitrogens with one attached hydrogen (secondary N) is 1. The Kier molecular flexibility index (Phi) is 8.84. The van der Waals surface area contributed by atoms with E-state index in [2.05, 4.69) is 15.3 Å². The molecular weight excluding hydrogens is 494 g/mol. The summed E-state index contributed by atoms with van der Waals surface area (Å²) in [4.78, 5) is 42.3. The summed E-state index contributed by atoms with van der Waals surface area (Å²) in [5.41, 5.74) is 15.1. The van der Waals surface area contributed by atoms with Gasteiger partial charge in [-0.25, -0.2) is 15.0 Å². The number of aromatic nitrogens is 1. The predicted molar refractivity (Wildman–Crippen MR) is 153 cm³/mol. The highest BCUT2D eigenvalue weighted by Gasteiger charge is 2.33. The summed E-state index contributed by atoms with van der Waals surface area (Å²) in [6.07, 6.45) is 5.61. The second kappa shape index (κ2) is 12.5.